The van der Waals surface area contributed by atoms with E-state index in [1.165, 1.54) is 6.07 Å². The van der Waals surface area contributed by atoms with E-state index in [1.807, 2.05) is 0 Å². The average molecular weight is 455 g/mol. The molecule has 0 radical (unpaired) electrons. The van der Waals surface area contributed by atoms with Gasteiger partial charge >= 0.3 is 5.97 Å². The van der Waals surface area contributed by atoms with E-state index in [1.54, 1.807) is 25.1 Å². The van der Waals surface area contributed by atoms with Crippen molar-refractivity contribution in [3.8, 4) is 0 Å². The largest absolute Gasteiger partial charge is 0.477 e. The zero-order chi connectivity index (χ0) is 15.8. The molecule has 0 spiro atoms. The molecule has 1 heterocycles. The molecule has 0 aliphatic carbocycles. The third-order valence-corrected chi connectivity index (χ3v) is 6.74. The summed E-state index contributed by atoms with van der Waals surface area (Å²) in [7, 11) is -3.82. The Morgan fingerprint density at radius 2 is 1.95 bits per heavy atom. The van der Waals surface area contributed by atoms with Crippen molar-refractivity contribution in [3.63, 3.8) is 0 Å². The topological polar surface area (TPSA) is 83.5 Å². The Balaban J connectivity index is 2.38. The van der Waals surface area contributed by atoms with E-state index in [-0.39, 0.29) is 9.09 Å². The Morgan fingerprint density at radius 3 is 2.48 bits per heavy atom. The van der Waals surface area contributed by atoms with Crippen LogP contribution in [0, 0.1) is 6.92 Å². The molecule has 0 saturated heterocycles. The number of hydrogen-bond donors (Lipinski definition) is 2. The third kappa shape index (κ3) is 3.65. The van der Waals surface area contributed by atoms with Gasteiger partial charge < -0.3 is 5.11 Å². The molecule has 0 aliphatic heterocycles. The number of aromatic carboxylic acids is 1. The molecule has 0 bridgehead atoms. The molecule has 0 amide bonds. The minimum atomic E-state index is -3.82. The summed E-state index contributed by atoms with van der Waals surface area (Å²) in [6, 6.07) is 6.36. The van der Waals surface area contributed by atoms with Crippen LogP contribution in [-0.2, 0) is 10.0 Å². The van der Waals surface area contributed by atoms with Crippen LogP contribution in [0.5, 0.6) is 0 Å². The third-order valence-electron chi connectivity index (χ3n) is 2.53. The van der Waals surface area contributed by atoms with Crippen LogP contribution < -0.4 is 4.72 Å². The summed E-state index contributed by atoms with van der Waals surface area (Å²) in [4.78, 5) is 11.0. The van der Waals surface area contributed by atoms with Crippen LogP contribution >= 0.6 is 43.2 Å². The molecule has 2 rings (SSSR count). The number of nitrogens with one attached hydrogen (secondary N) is 1. The summed E-state index contributed by atoms with van der Waals surface area (Å²) in [5, 5.41) is 8.99. The maximum Gasteiger partial charge on any atom is 0.346 e. The number of benzene rings is 1. The van der Waals surface area contributed by atoms with Gasteiger partial charge in [0.15, 0.2) is 0 Å². The van der Waals surface area contributed by atoms with Crippen LogP contribution in [-0.4, -0.2) is 19.5 Å². The minimum absolute atomic E-state index is 0.0187. The van der Waals surface area contributed by atoms with Crippen molar-refractivity contribution in [2.45, 2.75) is 11.1 Å². The van der Waals surface area contributed by atoms with E-state index in [0.717, 1.165) is 15.8 Å². The molecule has 0 atom stereocenters. The van der Waals surface area contributed by atoms with Crippen LogP contribution in [0.3, 0.4) is 0 Å². The van der Waals surface area contributed by atoms with Gasteiger partial charge in [0.05, 0.1) is 5.69 Å². The summed E-state index contributed by atoms with van der Waals surface area (Å²) in [6.45, 7) is 1.56. The number of rotatable bonds is 4. The number of carboxylic acid groups (broad SMARTS) is 1. The summed E-state index contributed by atoms with van der Waals surface area (Å²) < 4.78 is 28.4. The zero-order valence-electron chi connectivity index (χ0n) is 10.6. The number of carbonyl (C=O) groups is 1. The van der Waals surface area contributed by atoms with Gasteiger partial charge in [-0.15, -0.1) is 11.3 Å². The van der Waals surface area contributed by atoms with E-state index in [0.29, 0.717) is 15.7 Å². The predicted molar refractivity (Wildman–Crippen MR) is 88.7 cm³/mol. The Bertz CT molecular complexity index is 815. The molecular weight excluding hydrogens is 446 g/mol. The number of thiophene rings is 1. The maximum atomic E-state index is 12.3. The van der Waals surface area contributed by atoms with E-state index >= 15 is 0 Å². The molecule has 2 N–H and O–H groups in total. The highest BCUT2D eigenvalue weighted by Gasteiger charge is 2.22. The summed E-state index contributed by atoms with van der Waals surface area (Å²) in [5.74, 6) is -1.14. The van der Waals surface area contributed by atoms with E-state index in [4.69, 9.17) is 5.11 Å². The molecule has 0 fully saturated rings. The number of sulfonamides is 1. The van der Waals surface area contributed by atoms with Gasteiger partial charge in [-0.1, -0.05) is 15.9 Å². The first kappa shape index (κ1) is 16.5. The highest BCUT2D eigenvalue weighted by Crippen LogP contribution is 2.31. The first-order chi connectivity index (χ1) is 9.70. The Kier molecular flexibility index (Phi) is 4.76. The lowest BCUT2D eigenvalue weighted by atomic mass is 10.3. The van der Waals surface area contributed by atoms with Crippen LogP contribution in [0.25, 0.3) is 0 Å². The van der Waals surface area contributed by atoms with E-state index in [9.17, 15) is 13.2 Å². The highest BCUT2D eigenvalue weighted by atomic mass is 79.9. The van der Waals surface area contributed by atoms with E-state index < -0.39 is 16.0 Å². The SMILES string of the molecule is Cc1cc(S(=O)(=O)Nc2ccc(Br)cc2Br)sc1C(=O)O. The Morgan fingerprint density at radius 1 is 1.29 bits per heavy atom. The lowest BCUT2D eigenvalue weighted by Gasteiger charge is -2.08. The summed E-state index contributed by atoms with van der Waals surface area (Å²) >= 11 is 7.27. The number of anilines is 1. The first-order valence-electron chi connectivity index (χ1n) is 5.52. The van der Waals surface area contributed by atoms with Gasteiger partial charge in [-0.2, -0.15) is 0 Å². The second kappa shape index (κ2) is 6.07. The molecule has 1 aromatic carbocycles. The van der Waals surface area contributed by atoms with Gasteiger partial charge in [0.1, 0.15) is 9.09 Å². The van der Waals surface area contributed by atoms with Gasteiger partial charge in [0.2, 0.25) is 0 Å². The predicted octanol–water partition coefficient (Wildman–Crippen LogP) is 4.08. The maximum absolute atomic E-state index is 12.3. The summed E-state index contributed by atoms with van der Waals surface area (Å²) in [6.07, 6.45) is 0. The fourth-order valence-electron chi connectivity index (χ4n) is 1.56. The van der Waals surface area contributed by atoms with Gasteiger partial charge in [-0.3, -0.25) is 4.72 Å². The average Bonchev–Trinajstić information content (AvgIpc) is 2.76. The molecule has 9 heteroatoms. The second-order valence-corrected chi connectivity index (χ2v) is 8.84. The second-order valence-electron chi connectivity index (χ2n) is 4.11. The molecule has 1 aromatic heterocycles. The van der Waals surface area contributed by atoms with Crippen molar-refractivity contribution in [1.82, 2.24) is 0 Å². The van der Waals surface area contributed by atoms with E-state index in [2.05, 4.69) is 36.6 Å². The summed E-state index contributed by atoms with van der Waals surface area (Å²) in [5.41, 5.74) is 0.795. The van der Waals surface area contributed by atoms with Crippen molar-refractivity contribution >= 4 is 64.9 Å². The first-order valence-corrected chi connectivity index (χ1v) is 9.41. The molecule has 0 unspecified atom stereocenters. The fraction of sp³-hybridized carbons (Fsp3) is 0.0833. The molecular formula is C12H9Br2NO4S2. The van der Waals surface area contributed by atoms with Gasteiger partial charge in [-0.05, 0) is 52.7 Å². The number of carboxylic acids is 1. The molecule has 5 nitrogen and oxygen atoms in total. The van der Waals surface area contributed by atoms with Crippen molar-refractivity contribution in [2.24, 2.45) is 0 Å². The standard InChI is InChI=1S/C12H9Br2NO4S2/c1-6-4-10(20-11(6)12(16)17)21(18,19)15-9-3-2-7(13)5-8(9)14/h2-5,15H,1H3,(H,16,17). The molecule has 112 valence electrons. The number of halogens is 2. The monoisotopic (exact) mass is 453 g/mol. The molecule has 2 aromatic rings. The van der Waals surface area contributed by atoms with Crippen LogP contribution in [0.15, 0.2) is 37.4 Å². The lowest BCUT2D eigenvalue weighted by molar-refractivity contribution is 0.0701. The van der Waals surface area contributed by atoms with Gasteiger partial charge in [-0.25, -0.2) is 13.2 Å². The Hall–Kier alpha value is -0.900. The quantitative estimate of drug-likeness (QED) is 0.728. The van der Waals surface area contributed by atoms with Crippen molar-refractivity contribution < 1.29 is 18.3 Å². The van der Waals surface area contributed by atoms with Gasteiger partial charge in [0, 0.05) is 8.95 Å². The fourth-order valence-corrected chi connectivity index (χ4v) is 5.30. The smallest absolute Gasteiger partial charge is 0.346 e. The lowest BCUT2D eigenvalue weighted by Crippen LogP contribution is -2.11. The normalized spacial score (nSPS) is 11.4. The molecule has 0 saturated carbocycles. The van der Waals surface area contributed by atoms with Gasteiger partial charge in [0.25, 0.3) is 10.0 Å². The van der Waals surface area contributed by atoms with Crippen molar-refractivity contribution in [1.29, 1.82) is 0 Å². The van der Waals surface area contributed by atoms with Crippen LogP contribution in [0.2, 0.25) is 0 Å². The minimum Gasteiger partial charge on any atom is -0.477 e. The molecule has 0 aliphatic rings. The molecule has 21 heavy (non-hydrogen) atoms. The highest BCUT2D eigenvalue weighted by molar-refractivity contribution is 9.11. The Labute approximate surface area is 142 Å². The van der Waals surface area contributed by atoms with Crippen molar-refractivity contribution in [2.75, 3.05) is 4.72 Å². The number of aryl methyl sites for hydroxylation is 1. The number of hydrogen-bond acceptors (Lipinski definition) is 4. The van der Waals surface area contributed by atoms with Crippen LogP contribution in [0.4, 0.5) is 5.69 Å². The van der Waals surface area contributed by atoms with Crippen molar-refractivity contribution in [3.05, 3.63) is 43.7 Å². The zero-order valence-corrected chi connectivity index (χ0v) is 15.4. The van der Waals surface area contributed by atoms with Crippen LogP contribution in [0.1, 0.15) is 15.2 Å².